The predicted molar refractivity (Wildman–Crippen MR) is 86.7 cm³/mol. The van der Waals surface area contributed by atoms with Gasteiger partial charge >= 0.3 is 0 Å². The second kappa shape index (κ2) is 8.32. The standard InChI is InChI=1S/C15H22N2O6S/c1-21-13-6-5-12(8-14(13)22-2)24(19,20)17-10-15(18)16-9-11-4-3-7-23-11/h5-6,8,11,17H,3-4,7,9-10H2,1-2H3,(H,16,18). The number of amides is 1. The van der Waals surface area contributed by atoms with Crippen molar-refractivity contribution in [2.24, 2.45) is 0 Å². The van der Waals surface area contributed by atoms with Crippen molar-refractivity contribution < 1.29 is 27.4 Å². The Balaban J connectivity index is 1.91. The SMILES string of the molecule is COc1ccc(S(=O)(=O)NCC(=O)NCC2CCCO2)cc1OC. The molecule has 2 N–H and O–H groups in total. The summed E-state index contributed by atoms with van der Waals surface area (Å²) in [7, 11) is -0.950. The van der Waals surface area contributed by atoms with E-state index in [1.54, 1.807) is 0 Å². The highest BCUT2D eigenvalue weighted by Gasteiger charge is 2.19. The van der Waals surface area contributed by atoms with E-state index in [1.165, 1.54) is 32.4 Å². The summed E-state index contributed by atoms with van der Waals surface area (Å²) in [5.74, 6) is 0.309. The van der Waals surface area contributed by atoms with E-state index in [0.29, 0.717) is 24.7 Å². The van der Waals surface area contributed by atoms with Crippen molar-refractivity contribution in [1.82, 2.24) is 10.0 Å². The van der Waals surface area contributed by atoms with Gasteiger partial charge in [-0.05, 0) is 25.0 Å². The third-order valence-corrected chi connectivity index (χ3v) is 5.04. The lowest BCUT2D eigenvalue weighted by molar-refractivity contribution is -0.120. The Morgan fingerprint density at radius 2 is 2.04 bits per heavy atom. The molecule has 0 spiro atoms. The molecule has 0 radical (unpaired) electrons. The first-order valence-electron chi connectivity index (χ1n) is 7.56. The molecule has 0 aromatic heterocycles. The van der Waals surface area contributed by atoms with Crippen LogP contribution in [0.5, 0.6) is 11.5 Å². The smallest absolute Gasteiger partial charge is 0.241 e. The van der Waals surface area contributed by atoms with Crippen LogP contribution in [0, 0.1) is 0 Å². The lowest BCUT2D eigenvalue weighted by atomic mass is 10.2. The van der Waals surface area contributed by atoms with Crippen molar-refractivity contribution in [3.63, 3.8) is 0 Å². The van der Waals surface area contributed by atoms with Gasteiger partial charge in [0.1, 0.15) is 0 Å². The number of carbonyl (C=O) groups is 1. The van der Waals surface area contributed by atoms with E-state index < -0.39 is 15.9 Å². The molecule has 9 heteroatoms. The van der Waals surface area contributed by atoms with Crippen LogP contribution in [0.15, 0.2) is 23.1 Å². The maximum Gasteiger partial charge on any atom is 0.241 e. The Kier molecular flexibility index (Phi) is 6.41. The van der Waals surface area contributed by atoms with Gasteiger partial charge in [0.2, 0.25) is 15.9 Å². The van der Waals surface area contributed by atoms with Crippen LogP contribution in [0.1, 0.15) is 12.8 Å². The minimum Gasteiger partial charge on any atom is -0.493 e. The molecule has 1 saturated heterocycles. The van der Waals surface area contributed by atoms with Gasteiger partial charge in [0.05, 0.1) is 31.8 Å². The van der Waals surface area contributed by atoms with Gasteiger partial charge in [-0.2, -0.15) is 0 Å². The van der Waals surface area contributed by atoms with Gasteiger partial charge in [-0.1, -0.05) is 0 Å². The molecule has 24 heavy (non-hydrogen) atoms. The zero-order chi connectivity index (χ0) is 17.6. The highest BCUT2D eigenvalue weighted by molar-refractivity contribution is 7.89. The molecule has 1 atom stereocenters. The highest BCUT2D eigenvalue weighted by Crippen LogP contribution is 2.29. The summed E-state index contributed by atoms with van der Waals surface area (Å²) < 4.78 is 42.3. The van der Waals surface area contributed by atoms with Crippen molar-refractivity contribution in [2.75, 3.05) is 33.9 Å². The van der Waals surface area contributed by atoms with E-state index in [1.807, 2.05) is 0 Å². The molecular formula is C15H22N2O6S. The number of ether oxygens (including phenoxy) is 3. The molecule has 2 rings (SSSR count). The molecule has 1 aromatic carbocycles. The predicted octanol–water partition coefficient (Wildman–Crippen LogP) is 0.277. The fraction of sp³-hybridized carbons (Fsp3) is 0.533. The zero-order valence-electron chi connectivity index (χ0n) is 13.7. The third-order valence-electron chi connectivity index (χ3n) is 3.64. The molecule has 1 aromatic rings. The lowest BCUT2D eigenvalue weighted by Gasteiger charge is -2.12. The molecule has 8 nitrogen and oxygen atoms in total. The second-order valence-electron chi connectivity index (χ2n) is 5.28. The Hall–Kier alpha value is -1.84. The first-order valence-corrected chi connectivity index (χ1v) is 9.04. The number of sulfonamides is 1. The summed E-state index contributed by atoms with van der Waals surface area (Å²) in [4.78, 5) is 11.8. The molecule has 1 unspecified atom stereocenters. The van der Waals surface area contributed by atoms with Crippen LogP contribution >= 0.6 is 0 Å². The summed E-state index contributed by atoms with van der Waals surface area (Å²) in [6.45, 7) is 0.743. The summed E-state index contributed by atoms with van der Waals surface area (Å²) in [5, 5.41) is 2.65. The topological polar surface area (TPSA) is 103 Å². The summed E-state index contributed by atoms with van der Waals surface area (Å²) in [6.07, 6.45) is 1.89. The van der Waals surface area contributed by atoms with E-state index in [9.17, 15) is 13.2 Å². The molecule has 1 amide bonds. The Labute approximate surface area is 141 Å². The first-order chi connectivity index (χ1) is 11.5. The molecule has 1 fully saturated rings. The van der Waals surface area contributed by atoms with Crippen LogP contribution < -0.4 is 19.5 Å². The summed E-state index contributed by atoms with van der Waals surface area (Å²) >= 11 is 0. The quantitative estimate of drug-likeness (QED) is 0.692. The van der Waals surface area contributed by atoms with Crippen LogP contribution in [-0.4, -0.2) is 54.3 Å². The molecule has 1 aliphatic rings. The molecule has 1 heterocycles. The fourth-order valence-electron chi connectivity index (χ4n) is 2.32. The number of rotatable bonds is 8. The Morgan fingerprint density at radius 1 is 1.29 bits per heavy atom. The fourth-order valence-corrected chi connectivity index (χ4v) is 3.32. The third kappa shape index (κ3) is 4.83. The van der Waals surface area contributed by atoms with E-state index in [2.05, 4.69) is 10.0 Å². The Bertz CT molecular complexity index is 671. The minimum absolute atomic E-state index is 0.00734. The Morgan fingerprint density at radius 3 is 2.67 bits per heavy atom. The van der Waals surface area contributed by atoms with E-state index in [-0.39, 0.29) is 17.5 Å². The monoisotopic (exact) mass is 358 g/mol. The maximum atomic E-state index is 12.3. The van der Waals surface area contributed by atoms with Crippen LogP contribution in [-0.2, 0) is 19.6 Å². The van der Waals surface area contributed by atoms with Gasteiger partial charge in [0.15, 0.2) is 11.5 Å². The number of nitrogens with one attached hydrogen (secondary N) is 2. The van der Waals surface area contributed by atoms with Crippen molar-refractivity contribution in [3.8, 4) is 11.5 Å². The zero-order valence-corrected chi connectivity index (χ0v) is 14.5. The number of hydrogen-bond donors (Lipinski definition) is 2. The van der Waals surface area contributed by atoms with Crippen LogP contribution in [0.25, 0.3) is 0 Å². The van der Waals surface area contributed by atoms with E-state index in [0.717, 1.165) is 12.8 Å². The molecular weight excluding hydrogens is 336 g/mol. The summed E-state index contributed by atoms with van der Waals surface area (Å²) in [5.41, 5.74) is 0. The largest absolute Gasteiger partial charge is 0.493 e. The molecule has 0 bridgehead atoms. The van der Waals surface area contributed by atoms with E-state index >= 15 is 0 Å². The minimum atomic E-state index is -3.83. The summed E-state index contributed by atoms with van der Waals surface area (Å²) in [6, 6.07) is 4.21. The van der Waals surface area contributed by atoms with Crippen LogP contribution in [0.4, 0.5) is 0 Å². The van der Waals surface area contributed by atoms with Gasteiger partial charge < -0.3 is 19.5 Å². The molecule has 0 aliphatic carbocycles. The average Bonchev–Trinajstić information content (AvgIpc) is 3.11. The van der Waals surface area contributed by atoms with Gasteiger partial charge in [0, 0.05) is 19.2 Å². The molecule has 0 saturated carbocycles. The van der Waals surface area contributed by atoms with Gasteiger partial charge in [-0.15, -0.1) is 0 Å². The number of carbonyl (C=O) groups excluding carboxylic acids is 1. The normalized spacial score (nSPS) is 17.5. The van der Waals surface area contributed by atoms with Crippen LogP contribution in [0.2, 0.25) is 0 Å². The van der Waals surface area contributed by atoms with Crippen molar-refractivity contribution in [2.45, 2.75) is 23.8 Å². The van der Waals surface area contributed by atoms with Gasteiger partial charge in [-0.25, -0.2) is 13.1 Å². The molecule has 1 aliphatic heterocycles. The lowest BCUT2D eigenvalue weighted by Crippen LogP contribution is -2.39. The van der Waals surface area contributed by atoms with Crippen molar-refractivity contribution in [1.29, 1.82) is 0 Å². The molecule has 134 valence electrons. The van der Waals surface area contributed by atoms with Gasteiger partial charge in [0.25, 0.3) is 0 Å². The first kappa shape index (κ1) is 18.5. The van der Waals surface area contributed by atoms with Crippen molar-refractivity contribution >= 4 is 15.9 Å². The second-order valence-corrected chi connectivity index (χ2v) is 7.05. The van der Waals surface area contributed by atoms with Crippen molar-refractivity contribution in [3.05, 3.63) is 18.2 Å². The number of methoxy groups -OCH3 is 2. The van der Waals surface area contributed by atoms with Gasteiger partial charge in [-0.3, -0.25) is 4.79 Å². The number of hydrogen-bond acceptors (Lipinski definition) is 6. The maximum absolute atomic E-state index is 12.3. The number of benzene rings is 1. The van der Waals surface area contributed by atoms with E-state index in [4.69, 9.17) is 14.2 Å². The average molecular weight is 358 g/mol. The highest BCUT2D eigenvalue weighted by atomic mass is 32.2. The van der Waals surface area contributed by atoms with Crippen LogP contribution in [0.3, 0.4) is 0 Å².